The number of ether oxygens (including phenoxy) is 2. The monoisotopic (exact) mass is 248 g/mol. The summed E-state index contributed by atoms with van der Waals surface area (Å²) in [6.45, 7) is 2.42. The van der Waals surface area contributed by atoms with E-state index in [0.717, 1.165) is 5.56 Å². The Bertz CT molecular complexity index is 427. The highest BCUT2D eigenvalue weighted by molar-refractivity contribution is 6.02. The van der Waals surface area contributed by atoms with Gasteiger partial charge in [-0.3, -0.25) is 9.59 Å². The molecule has 0 bridgehead atoms. The Balaban J connectivity index is 2.15. The van der Waals surface area contributed by atoms with Crippen molar-refractivity contribution >= 4 is 11.8 Å². The van der Waals surface area contributed by atoms with Crippen LogP contribution in [0.3, 0.4) is 0 Å². The molecular weight excluding hydrogens is 232 g/mol. The van der Waals surface area contributed by atoms with Crippen molar-refractivity contribution in [2.75, 3.05) is 13.2 Å². The standard InChI is InChI=1S/C14H16O4/c1-2-17-14(16)11-8-9-18-13(12(11)15)10-6-4-3-5-7-10/h3-7,11,13H,2,8-9H2,1H3. The number of esters is 1. The van der Waals surface area contributed by atoms with E-state index in [1.165, 1.54) is 0 Å². The minimum Gasteiger partial charge on any atom is -0.465 e. The molecule has 0 spiro atoms. The highest BCUT2D eigenvalue weighted by Crippen LogP contribution is 2.29. The molecule has 0 radical (unpaired) electrons. The van der Waals surface area contributed by atoms with E-state index in [2.05, 4.69) is 0 Å². The molecule has 1 fully saturated rings. The van der Waals surface area contributed by atoms with Crippen LogP contribution in [0, 0.1) is 5.92 Å². The number of rotatable bonds is 3. The molecule has 18 heavy (non-hydrogen) atoms. The molecule has 96 valence electrons. The van der Waals surface area contributed by atoms with Crippen LogP contribution in [0.1, 0.15) is 25.0 Å². The fraction of sp³-hybridized carbons (Fsp3) is 0.429. The van der Waals surface area contributed by atoms with E-state index in [1.807, 2.05) is 30.3 Å². The Labute approximate surface area is 106 Å². The number of hydrogen-bond acceptors (Lipinski definition) is 4. The molecule has 0 aromatic heterocycles. The van der Waals surface area contributed by atoms with E-state index in [9.17, 15) is 9.59 Å². The first kappa shape index (κ1) is 12.8. The van der Waals surface area contributed by atoms with Gasteiger partial charge in [-0.2, -0.15) is 0 Å². The Kier molecular flexibility index (Phi) is 4.10. The quantitative estimate of drug-likeness (QED) is 0.605. The molecule has 0 amide bonds. The van der Waals surface area contributed by atoms with Gasteiger partial charge in [0.25, 0.3) is 0 Å². The number of ketones is 1. The lowest BCUT2D eigenvalue weighted by atomic mass is 9.90. The second kappa shape index (κ2) is 5.78. The van der Waals surface area contributed by atoms with Crippen LogP contribution in [0.25, 0.3) is 0 Å². The first-order valence-corrected chi connectivity index (χ1v) is 6.11. The Morgan fingerprint density at radius 1 is 1.39 bits per heavy atom. The summed E-state index contributed by atoms with van der Waals surface area (Å²) in [7, 11) is 0. The third-order valence-corrected chi connectivity index (χ3v) is 2.97. The van der Waals surface area contributed by atoms with E-state index in [0.29, 0.717) is 19.6 Å². The van der Waals surface area contributed by atoms with Crippen LogP contribution in [0.2, 0.25) is 0 Å². The zero-order valence-corrected chi connectivity index (χ0v) is 10.3. The summed E-state index contributed by atoms with van der Waals surface area (Å²) in [5.41, 5.74) is 0.788. The van der Waals surface area contributed by atoms with Crippen LogP contribution in [0.15, 0.2) is 30.3 Å². The smallest absolute Gasteiger partial charge is 0.316 e. The third-order valence-electron chi connectivity index (χ3n) is 2.97. The Morgan fingerprint density at radius 2 is 2.11 bits per heavy atom. The summed E-state index contributed by atoms with van der Waals surface area (Å²) in [5.74, 6) is -1.33. The second-order valence-corrected chi connectivity index (χ2v) is 4.16. The summed E-state index contributed by atoms with van der Waals surface area (Å²) in [4.78, 5) is 23.9. The van der Waals surface area contributed by atoms with Crippen molar-refractivity contribution in [1.29, 1.82) is 0 Å². The van der Waals surface area contributed by atoms with E-state index in [4.69, 9.17) is 9.47 Å². The lowest BCUT2D eigenvalue weighted by Gasteiger charge is -2.27. The Morgan fingerprint density at radius 3 is 2.78 bits per heavy atom. The predicted octanol–water partition coefficient (Wildman–Crippen LogP) is 1.90. The lowest BCUT2D eigenvalue weighted by molar-refractivity contribution is -0.160. The fourth-order valence-electron chi connectivity index (χ4n) is 2.08. The van der Waals surface area contributed by atoms with Crippen molar-refractivity contribution in [3.05, 3.63) is 35.9 Å². The van der Waals surface area contributed by atoms with Gasteiger partial charge in [-0.1, -0.05) is 30.3 Å². The van der Waals surface area contributed by atoms with Gasteiger partial charge in [0.1, 0.15) is 12.0 Å². The van der Waals surface area contributed by atoms with Crippen molar-refractivity contribution in [2.24, 2.45) is 5.92 Å². The molecule has 1 aliphatic rings. The molecule has 1 aromatic rings. The molecule has 2 unspecified atom stereocenters. The predicted molar refractivity (Wildman–Crippen MR) is 64.9 cm³/mol. The van der Waals surface area contributed by atoms with Gasteiger partial charge in [-0.15, -0.1) is 0 Å². The summed E-state index contributed by atoms with van der Waals surface area (Å²) in [5, 5.41) is 0. The maximum atomic E-state index is 12.2. The highest BCUT2D eigenvalue weighted by Gasteiger charge is 2.38. The molecule has 2 atom stereocenters. The van der Waals surface area contributed by atoms with Crippen molar-refractivity contribution in [2.45, 2.75) is 19.4 Å². The van der Waals surface area contributed by atoms with Crippen LogP contribution in [0.5, 0.6) is 0 Å². The largest absolute Gasteiger partial charge is 0.465 e. The van der Waals surface area contributed by atoms with E-state index in [1.54, 1.807) is 6.92 Å². The zero-order valence-electron chi connectivity index (χ0n) is 10.3. The average Bonchev–Trinajstić information content (AvgIpc) is 2.40. The molecule has 2 rings (SSSR count). The van der Waals surface area contributed by atoms with Crippen molar-refractivity contribution in [3.8, 4) is 0 Å². The number of benzene rings is 1. The molecule has 1 aromatic carbocycles. The van der Waals surface area contributed by atoms with E-state index in [-0.39, 0.29) is 5.78 Å². The summed E-state index contributed by atoms with van der Waals surface area (Å²) < 4.78 is 10.4. The molecule has 0 N–H and O–H groups in total. The lowest BCUT2D eigenvalue weighted by Crippen LogP contribution is -2.36. The number of hydrogen-bond donors (Lipinski definition) is 0. The topological polar surface area (TPSA) is 52.6 Å². The normalized spacial score (nSPS) is 23.7. The molecule has 4 heteroatoms. The first-order valence-electron chi connectivity index (χ1n) is 6.11. The number of carbonyl (C=O) groups excluding carboxylic acids is 2. The summed E-state index contributed by atoms with van der Waals surface area (Å²) >= 11 is 0. The summed E-state index contributed by atoms with van der Waals surface area (Å²) in [6.07, 6.45) is -0.240. The maximum absolute atomic E-state index is 12.2. The molecular formula is C14H16O4. The van der Waals surface area contributed by atoms with Crippen molar-refractivity contribution < 1.29 is 19.1 Å². The Hall–Kier alpha value is -1.68. The zero-order chi connectivity index (χ0) is 13.0. The number of Topliss-reactive ketones (excluding diaryl/α,β-unsaturated/α-hetero) is 1. The van der Waals surface area contributed by atoms with Crippen molar-refractivity contribution in [3.63, 3.8) is 0 Å². The van der Waals surface area contributed by atoms with E-state index < -0.39 is 18.0 Å². The first-order chi connectivity index (χ1) is 8.74. The van der Waals surface area contributed by atoms with Crippen LogP contribution >= 0.6 is 0 Å². The van der Waals surface area contributed by atoms with Gasteiger partial charge in [-0.05, 0) is 18.9 Å². The van der Waals surface area contributed by atoms with Crippen LogP contribution in [0.4, 0.5) is 0 Å². The highest BCUT2D eigenvalue weighted by atomic mass is 16.5. The molecule has 1 heterocycles. The van der Waals surface area contributed by atoms with Gasteiger partial charge in [0.2, 0.25) is 0 Å². The van der Waals surface area contributed by atoms with Crippen LogP contribution < -0.4 is 0 Å². The molecule has 0 saturated carbocycles. The fourth-order valence-corrected chi connectivity index (χ4v) is 2.08. The molecule has 1 aliphatic heterocycles. The van der Waals surface area contributed by atoms with Crippen LogP contribution in [-0.2, 0) is 19.1 Å². The van der Waals surface area contributed by atoms with Gasteiger partial charge >= 0.3 is 5.97 Å². The van der Waals surface area contributed by atoms with Crippen LogP contribution in [-0.4, -0.2) is 25.0 Å². The van der Waals surface area contributed by atoms with Gasteiger partial charge < -0.3 is 9.47 Å². The van der Waals surface area contributed by atoms with Gasteiger partial charge in [0.05, 0.1) is 6.61 Å². The number of carbonyl (C=O) groups is 2. The second-order valence-electron chi connectivity index (χ2n) is 4.16. The third kappa shape index (κ3) is 2.59. The molecule has 4 nitrogen and oxygen atoms in total. The minimum absolute atomic E-state index is 0.203. The molecule has 1 saturated heterocycles. The SMILES string of the molecule is CCOC(=O)C1CCOC(c2ccccc2)C1=O. The maximum Gasteiger partial charge on any atom is 0.316 e. The van der Waals surface area contributed by atoms with Gasteiger partial charge in [-0.25, -0.2) is 0 Å². The van der Waals surface area contributed by atoms with E-state index >= 15 is 0 Å². The molecule has 0 aliphatic carbocycles. The average molecular weight is 248 g/mol. The summed E-state index contributed by atoms with van der Waals surface area (Å²) in [6, 6.07) is 9.23. The van der Waals surface area contributed by atoms with Gasteiger partial charge in [0, 0.05) is 6.61 Å². The minimum atomic E-state index is -0.691. The van der Waals surface area contributed by atoms with Crippen molar-refractivity contribution in [1.82, 2.24) is 0 Å². The van der Waals surface area contributed by atoms with Gasteiger partial charge in [0.15, 0.2) is 5.78 Å².